The van der Waals surface area contributed by atoms with Crippen LogP contribution in [0.3, 0.4) is 0 Å². The summed E-state index contributed by atoms with van der Waals surface area (Å²) in [5.74, 6) is -0.396. The second kappa shape index (κ2) is 10.9. The summed E-state index contributed by atoms with van der Waals surface area (Å²) in [5, 5.41) is 2.70. The zero-order valence-corrected chi connectivity index (χ0v) is 19.8. The number of aryl methyl sites for hydroxylation is 2. The number of hydrogen-bond donors (Lipinski definition) is 1. The molecule has 1 fully saturated rings. The third-order valence-corrected chi connectivity index (χ3v) is 5.85. The number of rotatable bonds is 8. The van der Waals surface area contributed by atoms with Gasteiger partial charge >= 0.3 is 5.97 Å². The Morgan fingerprint density at radius 3 is 2.20 bits per heavy atom. The molecule has 1 atom stereocenters. The Morgan fingerprint density at radius 2 is 1.57 bits per heavy atom. The van der Waals surface area contributed by atoms with Crippen molar-refractivity contribution in [2.24, 2.45) is 5.92 Å². The lowest BCUT2D eigenvalue weighted by Crippen LogP contribution is -2.28. The maximum absolute atomic E-state index is 12.5. The van der Waals surface area contributed by atoms with Crippen LogP contribution in [0.4, 0.5) is 11.4 Å². The Balaban J connectivity index is 1.27. The minimum Gasteiger partial charge on any atom is -0.457 e. The summed E-state index contributed by atoms with van der Waals surface area (Å²) in [6, 6.07) is 22.3. The Morgan fingerprint density at radius 1 is 0.943 bits per heavy atom. The topological polar surface area (TPSA) is 84.9 Å². The molecule has 0 saturated carbocycles. The van der Waals surface area contributed by atoms with Crippen LogP contribution in [-0.2, 0) is 25.5 Å². The van der Waals surface area contributed by atoms with Gasteiger partial charge in [-0.05, 0) is 67.4 Å². The van der Waals surface area contributed by atoms with E-state index in [4.69, 9.17) is 9.47 Å². The molecule has 1 aliphatic rings. The van der Waals surface area contributed by atoms with Gasteiger partial charge in [0.1, 0.15) is 11.5 Å². The van der Waals surface area contributed by atoms with E-state index in [1.165, 1.54) is 5.56 Å². The van der Waals surface area contributed by atoms with Gasteiger partial charge in [-0.15, -0.1) is 0 Å². The van der Waals surface area contributed by atoms with Crippen molar-refractivity contribution in [1.82, 2.24) is 0 Å². The lowest BCUT2D eigenvalue weighted by atomic mass is 10.1. The van der Waals surface area contributed by atoms with Crippen LogP contribution < -0.4 is 15.0 Å². The summed E-state index contributed by atoms with van der Waals surface area (Å²) in [6.45, 7) is 3.87. The van der Waals surface area contributed by atoms with E-state index in [-0.39, 0.29) is 18.9 Å². The van der Waals surface area contributed by atoms with Gasteiger partial charge in [-0.3, -0.25) is 14.4 Å². The fourth-order valence-corrected chi connectivity index (χ4v) is 3.83. The van der Waals surface area contributed by atoms with Crippen LogP contribution in [0.5, 0.6) is 11.5 Å². The van der Waals surface area contributed by atoms with Crippen LogP contribution in [0, 0.1) is 12.8 Å². The number of benzene rings is 3. The summed E-state index contributed by atoms with van der Waals surface area (Å²) in [4.78, 5) is 38.7. The average Bonchev–Trinajstić information content (AvgIpc) is 3.26. The zero-order valence-electron chi connectivity index (χ0n) is 19.8. The molecule has 35 heavy (non-hydrogen) atoms. The van der Waals surface area contributed by atoms with Crippen molar-refractivity contribution in [3.05, 3.63) is 83.9 Å². The van der Waals surface area contributed by atoms with Gasteiger partial charge in [0.25, 0.3) is 5.91 Å². The van der Waals surface area contributed by atoms with Crippen molar-refractivity contribution in [1.29, 1.82) is 0 Å². The van der Waals surface area contributed by atoms with Crippen LogP contribution in [0.2, 0.25) is 0 Å². The highest BCUT2D eigenvalue weighted by Crippen LogP contribution is 2.29. The van der Waals surface area contributed by atoms with Gasteiger partial charge in [0, 0.05) is 24.3 Å². The summed E-state index contributed by atoms with van der Waals surface area (Å²) in [7, 11) is 0. The largest absolute Gasteiger partial charge is 0.457 e. The van der Waals surface area contributed by atoms with Gasteiger partial charge in [-0.1, -0.05) is 36.8 Å². The molecular formula is C28H28N2O5. The molecule has 1 N–H and O–H groups in total. The van der Waals surface area contributed by atoms with Gasteiger partial charge < -0.3 is 19.7 Å². The van der Waals surface area contributed by atoms with E-state index in [1.54, 1.807) is 29.2 Å². The molecule has 1 heterocycles. The van der Waals surface area contributed by atoms with Gasteiger partial charge in [-0.2, -0.15) is 0 Å². The molecule has 2 amide bonds. The minimum atomic E-state index is -0.623. The van der Waals surface area contributed by atoms with Crippen LogP contribution in [0.25, 0.3) is 0 Å². The lowest BCUT2D eigenvalue weighted by molar-refractivity contribution is -0.151. The summed E-state index contributed by atoms with van der Waals surface area (Å²) in [5.41, 5.74) is 3.63. The number of carbonyl (C=O) groups excluding carboxylic acids is 3. The molecule has 0 radical (unpaired) electrons. The number of hydrogen-bond acceptors (Lipinski definition) is 5. The molecule has 7 nitrogen and oxygen atoms in total. The standard InChI is InChI=1S/C28H28N2O5/c1-3-20-6-8-22(9-7-20)29-26(31)18-34-28(33)21-16-27(32)30(17-21)23-10-14-25(15-11-23)35-24-12-4-19(2)5-13-24/h4-15,21H,3,16-18H2,1-2H3,(H,29,31)/t21-/m0/s1. The van der Waals surface area contributed by atoms with Crippen molar-refractivity contribution >= 4 is 29.2 Å². The van der Waals surface area contributed by atoms with Crippen LogP contribution in [0.15, 0.2) is 72.8 Å². The molecule has 1 saturated heterocycles. The van der Waals surface area contributed by atoms with Crippen molar-refractivity contribution in [2.45, 2.75) is 26.7 Å². The van der Waals surface area contributed by atoms with E-state index in [2.05, 4.69) is 12.2 Å². The molecule has 3 aromatic rings. The van der Waals surface area contributed by atoms with Gasteiger partial charge in [0.15, 0.2) is 6.61 Å². The third kappa shape index (κ3) is 6.26. The Labute approximate surface area is 204 Å². The monoisotopic (exact) mass is 472 g/mol. The van der Waals surface area contributed by atoms with E-state index >= 15 is 0 Å². The second-order valence-corrected chi connectivity index (χ2v) is 8.52. The lowest BCUT2D eigenvalue weighted by Gasteiger charge is -2.17. The predicted octanol–water partition coefficient (Wildman–Crippen LogP) is 4.88. The smallest absolute Gasteiger partial charge is 0.311 e. The van der Waals surface area contributed by atoms with Gasteiger partial charge in [0.05, 0.1) is 5.92 Å². The number of nitrogens with one attached hydrogen (secondary N) is 1. The summed E-state index contributed by atoms with van der Waals surface area (Å²) < 4.78 is 11.0. The number of anilines is 2. The predicted molar refractivity (Wildman–Crippen MR) is 134 cm³/mol. The molecule has 0 unspecified atom stereocenters. The van der Waals surface area contributed by atoms with Crippen molar-refractivity contribution in [2.75, 3.05) is 23.4 Å². The molecule has 0 aromatic heterocycles. The highest BCUT2D eigenvalue weighted by Gasteiger charge is 2.36. The van der Waals surface area contributed by atoms with E-state index < -0.39 is 24.4 Å². The van der Waals surface area contributed by atoms with E-state index in [0.29, 0.717) is 17.1 Å². The third-order valence-electron chi connectivity index (χ3n) is 5.85. The van der Waals surface area contributed by atoms with Gasteiger partial charge in [0.2, 0.25) is 5.91 Å². The summed E-state index contributed by atoms with van der Waals surface area (Å²) in [6.07, 6.45) is 0.953. The number of esters is 1. The van der Waals surface area contributed by atoms with Crippen LogP contribution in [-0.4, -0.2) is 30.9 Å². The maximum Gasteiger partial charge on any atom is 0.311 e. The SMILES string of the molecule is CCc1ccc(NC(=O)COC(=O)[C@H]2CC(=O)N(c3ccc(Oc4ccc(C)cc4)cc3)C2)cc1. The Bertz CT molecular complexity index is 1190. The molecule has 0 spiro atoms. The number of nitrogens with zero attached hydrogens (tertiary/aromatic N) is 1. The molecule has 180 valence electrons. The first-order chi connectivity index (χ1) is 16.9. The normalized spacial score (nSPS) is 15.1. The van der Waals surface area contributed by atoms with E-state index in [9.17, 15) is 14.4 Å². The molecule has 0 bridgehead atoms. The molecule has 1 aliphatic heterocycles. The molecule has 0 aliphatic carbocycles. The van der Waals surface area contributed by atoms with Gasteiger partial charge in [-0.25, -0.2) is 0 Å². The molecular weight excluding hydrogens is 444 g/mol. The first kappa shape index (κ1) is 24.0. The minimum absolute atomic E-state index is 0.0422. The molecule has 3 aromatic carbocycles. The first-order valence-electron chi connectivity index (χ1n) is 11.6. The number of amides is 2. The highest BCUT2D eigenvalue weighted by atomic mass is 16.5. The fraction of sp³-hybridized carbons (Fsp3) is 0.250. The number of ether oxygens (including phenoxy) is 2. The van der Waals surface area contributed by atoms with Crippen LogP contribution in [0.1, 0.15) is 24.5 Å². The second-order valence-electron chi connectivity index (χ2n) is 8.52. The van der Waals surface area contributed by atoms with Crippen LogP contribution >= 0.6 is 0 Å². The zero-order chi connectivity index (χ0) is 24.8. The summed E-state index contributed by atoms with van der Waals surface area (Å²) >= 11 is 0. The highest BCUT2D eigenvalue weighted by molar-refractivity contribution is 6.00. The quantitative estimate of drug-likeness (QED) is 0.472. The Kier molecular flexibility index (Phi) is 7.45. The average molecular weight is 473 g/mol. The van der Waals surface area contributed by atoms with Crippen molar-refractivity contribution < 1.29 is 23.9 Å². The Hall–Kier alpha value is -4.13. The fourth-order valence-electron chi connectivity index (χ4n) is 3.83. The van der Waals surface area contributed by atoms with E-state index in [0.717, 1.165) is 17.7 Å². The number of carbonyl (C=O) groups is 3. The first-order valence-corrected chi connectivity index (χ1v) is 11.6. The van der Waals surface area contributed by atoms with E-state index in [1.807, 2.05) is 55.5 Å². The maximum atomic E-state index is 12.5. The van der Waals surface area contributed by atoms with Crippen molar-refractivity contribution in [3.8, 4) is 11.5 Å². The molecule has 7 heteroatoms. The van der Waals surface area contributed by atoms with Crippen molar-refractivity contribution in [3.63, 3.8) is 0 Å². The molecule has 4 rings (SSSR count).